The van der Waals surface area contributed by atoms with Gasteiger partial charge in [-0.3, -0.25) is 4.79 Å². The van der Waals surface area contributed by atoms with Crippen LogP contribution in [0, 0.1) is 12.8 Å². The summed E-state index contributed by atoms with van der Waals surface area (Å²) in [6, 6.07) is 5.56. The second-order valence-corrected chi connectivity index (χ2v) is 7.34. The van der Waals surface area contributed by atoms with Gasteiger partial charge in [-0.15, -0.1) is 23.7 Å². The summed E-state index contributed by atoms with van der Waals surface area (Å²) in [7, 11) is 0. The molecule has 2 saturated heterocycles. The van der Waals surface area contributed by atoms with Gasteiger partial charge in [-0.25, -0.2) is 0 Å². The molecule has 0 saturated carbocycles. The molecule has 5 heteroatoms. The average Bonchev–Trinajstić information content (AvgIpc) is 2.93. The number of hydrogen-bond acceptors (Lipinski definition) is 3. The number of piperidine rings is 1. The zero-order chi connectivity index (χ0) is 13.2. The molecular weight excluding hydrogens is 292 g/mol. The van der Waals surface area contributed by atoms with E-state index in [2.05, 4.69) is 29.7 Å². The summed E-state index contributed by atoms with van der Waals surface area (Å²) in [5.41, 5.74) is 0. The van der Waals surface area contributed by atoms with Gasteiger partial charge < -0.3 is 10.6 Å². The molecule has 0 spiro atoms. The van der Waals surface area contributed by atoms with Crippen LogP contribution in [0.1, 0.15) is 41.9 Å². The minimum atomic E-state index is 0. The first kappa shape index (κ1) is 15.8. The molecule has 2 unspecified atom stereocenters. The molecule has 2 fully saturated rings. The van der Waals surface area contributed by atoms with Crippen molar-refractivity contribution in [1.29, 1.82) is 0 Å². The second kappa shape index (κ2) is 6.92. The predicted octanol–water partition coefficient (Wildman–Crippen LogP) is 3.02. The van der Waals surface area contributed by atoms with Crippen LogP contribution in [0.25, 0.3) is 0 Å². The van der Waals surface area contributed by atoms with Gasteiger partial charge >= 0.3 is 0 Å². The summed E-state index contributed by atoms with van der Waals surface area (Å²) >= 11 is 1.76. The van der Waals surface area contributed by atoms with Crippen molar-refractivity contribution in [2.45, 2.75) is 57.7 Å². The van der Waals surface area contributed by atoms with Crippen molar-refractivity contribution in [3.8, 4) is 0 Å². The average molecular weight is 315 g/mol. The van der Waals surface area contributed by atoms with E-state index in [1.54, 1.807) is 11.3 Å². The van der Waals surface area contributed by atoms with Gasteiger partial charge in [0.1, 0.15) is 0 Å². The zero-order valence-electron chi connectivity index (χ0n) is 11.9. The van der Waals surface area contributed by atoms with Crippen molar-refractivity contribution in [1.82, 2.24) is 10.6 Å². The Kier molecular flexibility index (Phi) is 5.47. The largest absolute Gasteiger partial charge is 0.351 e. The molecule has 3 rings (SSSR count). The number of amides is 1. The van der Waals surface area contributed by atoms with Gasteiger partial charge in [-0.2, -0.15) is 0 Å². The maximum Gasteiger partial charge on any atom is 0.220 e. The van der Waals surface area contributed by atoms with E-state index in [-0.39, 0.29) is 18.3 Å². The summed E-state index contributed by atoms with van der Waals surface area (Å²) in [5, 5.41) is 6.68. The number of hydrogen-bond donors (Lipinski definition) is 2. The van der Waals surface area contributed by atoms with E-state index in [1.165, 1.54) is 35.4 Å². The molecular formula is C15H23ClN2OS. The molecule has 3 nitrogen and oxygen atoms in total. The molecule has 2 aliphatic heterocycles. The summed E-state index contributed by atoms with van der Waals surface area (Å²) < 4.78 is 0. The zero-order valence-corrected chi connectivity index (χ0v) is 13.5. The molecule has 2 aliphatic rings. The van der Waals surface area contributed by atoms with E-state index in [0.717, 1.165) is 0 Å². The second-order valence-electron chi connectivity index (χ2n) is 5.97. The van der Waals surface area contributed by atoms with Crippen LogP contribution in [0.15, 0.2) is 12.1 Å². The first-order valence-corrected chi connectivity index (χ1v) is 8.09. The Bertz CT molecular complexity index is 450. The Morgan fingerprint density at radius 2 is 2.05 bits per heavy atom. The predicted molar refractivity (Wildman–Crippen MR) is 85.4 cm³/mol. The highest BCUT2D eigenvalue weighted by Crippen LogP contribution is 2.32. The lowest BCUT2D eigenvalue weighted by Crippen LogP contribution is -2.39. The SMILES string of the molecule is Cc1ccc(CNC(=O)CC2CC3CCC(C2)N3)s1.Cl. The first-order valence-electron chi connectivity index (χ1n) is 7.27. The van der Waals surface area contributed by atoms with Crippen LogP contribution in [0.2, 0.25) is 0 Å². The van der Waals surface area contributed by atoms with Gasteiger partial charge in [0.25, 0.3) is 0 Å². The van der Waals surface area contributed by atoms with Crippen molar-refractivity contribution in [2.75, 3.05) is 0 Å². The Labute approximate surface area is 130 Å². The van der Waals surface area contributed by atoms with Gasteiger partial charge in [0.15, 0.2) is 0 Å². The summed E-state index contributed by atoms with van der Waals surface area (Å²) in [6.45, 7) is 2.79. The minimum absolute atomic E-state index is 0. The highest BCUT2D eigenvalue weighted by molar-refractivity contribution is 7.11. The number of nitrogens with one attached hydrogen (secondary N) is 2. The molecule has 2 N–H and O–H groups in total. The minimum Gasteiger partial charge on any atom is -0.351 e. The van der Waals surface area contributed by atoms with E-state index >= 15 is 0 Å². The smallest absolute Gasteiger partial charge is 0.220 e. The number of carbonyl (C=O) groups is 1. The Hall–Kier alpha value is -0.580. The molecule has 0 aromatic carbocycles. The molecule has 0 aliphatic carbocycles. The molecule has 0 radical (unpaired) electrons. The van der Waals surface area contributed by atoms with Gasteiger partial charge in [0, 0.05) is 28.3 Å². The molecule has 1 amide bonds. The molecule has 2 bridgehead atoms. The fourth-order valence-corrected chi connectivity index (χ4v) is 4.27. The fourth-order valence-electron chi connectivity index (χ4n) is 3.44. The maximum atomic E-state index is 12.0. The number of rotatable bonds is 4. The van der Waals surface area contributed by atoms with Crippen molar-refractivity contribution in [3.63, 3.8) is 0 Å². The third kappa shape index (κ3) is 3.96. The Morgan fingerprint density at radius 3 is 2.65 bits per heavy atom. The third-order valence-corrected chi connectivity index (χ3v) is 5.30. The van der Waals surface area contributed by atoms with Crippen molar-refractivity contribution >= 4 is 29.7 Å². The normalized spacial score (nSPS) is 27.9. The Morgan fingerprint density at radius 1 is 1.35 bits per heavy atom. The van der Waals surface area contributed by atoms with Crippen LogP contribution in [-0.2, 0) is 11.3 Å². The van der Waals surface area contributed by atoms with E-state index in [9.17, 15) is 4.79 Å². The quantitative estimate of drug-likeness (QED) is 0.897. The van der Waals surface area contributed by atoms with Crippen LogP contribution in [0.5, 0.6) is 0 Å². The van der Waals surface area contributed by atoms with Gasteiger partial charge in [0.05, 0.1) is 6.54 Å². The number of halogens is 1. The third-order valence-electron chi connectivity index (χ3n) is 4.30. The molecule has 1 aromatic heterocycles. The molecule has 20 heavy (non-hydrogen) atoms. The lowest BCUT2D eigenvalue weighted by Gasteiger charge is -2.28. The summed E-state index contributed by atoms with van der Waals surface area (Å²) in [5.74, 6) is 0.807. The maximum absolute atomic E-state index is 12.0. The first-order chi connectivity index (χ1) is 9.19. The van der Waals surface area contributed by atoms with Crippen LogP contribution in [0.3, 0.4) is 0 Å². The summed E-state index contributed by atoms with van der Waals surface area (Å²) in [4.78, 5) is 14.5. The monoisotopic (exact) mass is 314 g/mol. The van der Waals surface area contributed by atoms with Crippen molar-refractivity contribution < 1.29 is 4.79 Å². The number of aryl methyl sites for hydroxylation is 1. The lowest BCUT2D eigenvalue weighted by molar-refractivity contribution is -0.122. The van der Waals surface area contributed by atoms with Gasteiger partial charge in [-0.1, -0.05) is 0 Å². The van der Waals surface area contributed by atoms with Crippen LogP contribution in [-0.4, -0.2) is 18.0 Å². The van der Waals surface area contributed by atoms with E-state index < -0.39 is 0 Å². The highest BCUT2D eigenvalue weighted by Gasteiger charge is 2.34. The van der Waals surface area contributed by atoms with Crippen molar-refractivity contribution in [2.24, 2.45) is 5.92 Å². The number of fused-ring (bicyclic) bond motifs is 2. The van der Waals surface area contributed by atoms with Gasteiger partial charge in [-0.05, 0) is 50.7 Å². The number of thiophene rings is 1. The van der Waals surface area contributed by atoms with Crippen LogP contribution >= 0.6 is 23.7 Å². The topological polar surface area (TPSA) is 41.1 Å². The summed E-state index contributed by atoms with van der Waals surface area (Å²) in [6.07, 6.45) is 5.68. The van der Waals surface area contributed by atoms with Gasteiger partial charge in [0.2, 0.25) is 5.91 Å². The van der Waals surface area contributed by atoms with E-state index in [1.807, 2.05) is 0 Å². The van der Waals surface area contributed by atoms with E-state index in [0.29, 0.717) is 31.0 Å². The van der Waals surface area contributed by atoms with Crippen LogP contribution in [0.4, 0.5) is 0 Å². The molecule has 2 atom stereocenters. The van der Waals surface area contributed by atoms with Crippen molar-refractivity contribution in [3.05, 3.63) is 21.9 Å². The fraction of sp³-hybridized carbons (Fsp3) is 0.667. The lowest BCUT2D eigenvalue weighted by atomic mass is 9.89. The Balaban J connectivity index is 0.00000147. The highest BCUT2D eigenvalue weighted by atomic mass is 35.5. The number of carbonyl (C=O) groups excluding carboxylic acids is 1. The molecule has 1 aromatic rings. The molecule has 3 heterocycles. The van der Waals surface area contributed by atoms with Crippen LogP contribution < -0.4 is 10.6 Å². The van der Waals surface area contributed by atoms with E-state index in [4.69, 9.17) is 0 Å². The standard InChI is InChI=1S/C15H22N2OS.ClH/c1-10-2-5-14(19-10)9-16-15(18)8-11-6-12-3-4-13(7-11)17-12;/h2,5,11-13,17H,3-4,6-9H2,1H3,(H,16,18);1H. The molecule has 112 valence electrons.